The first-order chi connectivity index (χ1) is 9.22. The molecule has 19 heavy (non-hydrogen) atoms. The van der Waals surface area contributed by atoms with Crippen molar-refractivity contribution in [2.45, 2.75) is 44.8 Å². The van der Waals surface area contributed by atoms with Crippen LogP contribution in [0.2, 0.25) is 0 Å². The second-order valence-corrected chi connectivity index (χ2v) is 5.11. The maximum Gasteiger partial charge on any atom is 0.191 e. The average Bonchev–Trinajstić information content (AvgIpc) is 3.05. The Bertz CT molecular complexity index is 395. The lowest BCUT2D eigenvalue weighted by Crippen LogP contribution is -2.46. The predicted octanol–water partition coefficient (Wildman–Crippen LogP) is 1.64. The van der Waals surface area contributed by atoms with Gasteiger partial charge in [0, 0.05) is 18.7 Å². The summed E-state index contributed by atoms with van der Waals surface area (Å²) >= 11 is 0. The number of hydrogen-bond acceptors (Lipinski definition) is 3. The second-order valence-electron chi connectivity index (χ2n) is 5.11. The van der Waals surface area contributed by atoms with E-state index in [1.807, 2.05) is 13.0 Å². The van der Waals surface area contributed by atoms with Crippen molar-refractivity contribution in [3.63, 3.8) is 0 Å². The lowest BCUT2D eigenvalue weighted by atomic mass is 10.0. The molecule has 0 spiro atoms. The van der Waals surface area contributed by atoms with Crippen LogP contribution in [0.4, 0.5) is 0 Å². The van der Waals surface area contributed by atoms with Gasteiger partial charge in [-0.25, -0.2) is 4.99 Å². The fourth-order valence-electron chi connectivity index (χ4n) is 2.35. The van der Waals surface area contributed by atoms with Crippen molar-refractivity contribution < 1.29 is 9.52 Å². The molecule has 0 bridgehead atoms. The van der Waals surface area contributed by atoms with E-state index in [1.54, 1.807) is 12.5 Å². The maximum absolute atomic E-state index is 10.3. The van der Waals surface area contributed by atoms with Crippen molar-refractivity contribution in [1.29, 1.82) is 0 Å². The minimum atomic E-state index is -0.564. The molecular weight excluding hydrogens is 242 g/mol. The van der Waals surface area contributed by atoms with Gasteiger partial charge in [0.1, 0.15) is 0 Å². The van der Waals surface area contributed by atoms with Crippen LogP contribution in [0.3, 0.4) is 0 Å². The van der Waals surface area contributed by atoms with Gasteiger partial charge in [0.25, 0.3) is 0 Å². The molecule has 0 radical (unpaired) electrons. The smallest absolute Gasteiger partial charge is 0.191 e. The molecule has 1 aliphatic rings. The zero-order valence-electron chi connectivity index (χ0n) is 11.5. The lowest BCUT2D eigenvalue weighted by Gasteiger charge is -2.23. The maximum atomic E-state index is 10.3. The van der Waals surface area contributed by atoms with Crippen molar-refractivity contribution >= 4 is 5.96 Å². The SMILES string of the molecule is CCNC(=NCc1ccoc1)NCC1(O)CCCC1. The molecule has 0 unspecified atom stereocenters. The molecule has 1 aromatic rings. The van der Waals surface area contributed by atoms with Crippen molar-refractivity contribution in [3.8, 4) is 0 Å². The molecule has 1 aromatic heterocycles. The Balaban J connectivity index is 1.86. The third kappa shape index (κ3) is 4.28. The fraction of sp³-hybridized carbons (Fsp3) is 0.643. The van der Waals surface area contributed by atoms with E-state index in [2.05, 4.69) is 15.6 Å². The molecule has 0 saturated heterocycles. The minimum absolute atomic E-state index is 0.560. The number of hydrogen-bond donors (Lipinski definition) is 3. The van der Waals surface area contributed by atoms with Gasteiger partial charge in [-0.05, 0) is 25.8 Å². The van der Waals surface area contributed by atoms with Gasteiger partial charge in [-0.1, -0.05) is 12.8 Å². The van der Waals surface area contributed by atoms with E-state index in [0.717, 1.165) is 43.8 Å². The van der Waals surface area contributed by atoms with Gasteiger partial charge >= 0.3 is 0 Å². The molecule has 106 valence electrons. The van der Waals surface area contributed by atoms with E-state index in [1.165, 1.54) is 0 Å². The Morgan fingerprint density at radius 3 is 2.84 bits per heavy atom. The molecule has 0 atom stereocenters. The predicted molar refractivity (Wildman–Crippen MR) is 74.9 cm³/mol. The van der Waals surface area contributed by atoms with Gasteiger partial charge in [0.2, 0.25) is 0 Å². The van der Waals surface area contributed by atoms with Gasteiger partial charge in [0.05, 0.1) is 24.7 Å². The highest BCUT2D eigenvalue weighted by Gasteiger charge is 2.30. The number of furan rings is 1. The van der Waals surface area contributed by atoms with Gasteiger partial charge < -0.3 is 20.2 Å². The summed E-state index contributed by atoms with van der Waals surface area (Å²) in [5, 5.41) is 16.7. The number of guanidine groups is 1. The van der Waals surface area contributed by atoms with Gasteiger partial charge in [-0.2, -0.15) is 0 Å². The molecule has 1 fully saturated rings. The second kappa shape index (κ2) is 6.61. The molecule has 3 N–H and O–H groups in total. The summed E-state index contributed by atoms with van der Waals surface area (Å²) < 4.78 is 5.01. The molecule has 0 amide bonds. The molecule has 0 aliphatic heterocycles. The zero-order valence-corrected chi connectivity index (χ0v) is 11.5. The Labute approximate surface area is 114 Å². The molecule has 2 rings (SSSR count). The normalized spacial score (nSPS) is 18.5. The van der Waals surface area contributed by atoms with E-state index in [0.29, 0.717) is 13.1 Å². The van der Waals surface area contributed by atoms with Crippen molar-refractivity contribution in [2.24, 2.45) is 4.99 Å². The summed E-state index contributed by atoms with van der Waals surface area (Å²) in [7, 11) is 0. The number of nitrogens with one attached hydrogen (secondary N) is 2. The monoisotopic (exact) mass is 265 g/mol. The molecule has 1 saturated carbocycles. The van der Waals surface area contributed by atoms with Gasteiger partial charge in [-0.3, -0.25) is 0 Å². The summed E-state index contributed by atoms with van der Waals surface area (Å²) in [6, 6.07) is 1.90. The van der Waals surface area contributed by atoms with Crippen LogP contribution < -0.4 is 10.6 Å². The van der Waals surface area contributed by atoms with E-state index >= 15 is 0 Å². The van der Waals surface area contributed by atoms with E-state index in [4.69, 9.17) is 4.42 Å². The van der Waals surface area contributed by atoms with Crippen LogP contribution in [0.25, 0.3) is 0 Å². The lowest BCUT2D eigenvalue weighted by molar-refractivity contribution is 0.0522. The first-order valence-corrected chi connectivity index (χ1v) is 6.97. The highest BCUT2D eigenvalue weighted by atomic mass is 16.3. The summed E-state index contributed by atoms with van der Waals surface area (Å²) in [4.78, 5) is 4.47. The minimum Gasteiger partial charge on any atom is -0.472 e. The Morgan fingerprint density at radius 1 is 1.42 bits per heavy atom. The van der Waals surface area contributed by atoms with Gasteiger partial charge in [-0.15, -0.1) is 0 Å². The summed E-state index contributed by atoms with van der Waals surface area (Å²) in [6.45, 7) is 3.96. The van der Waals surface area contributed by atoms with Crippen LogP contribution in [0, 0.1) is 0 Å². The van der Waals surface area contributed by atoms with Crippen molar-refractivity contribution in [3.05, 3.63) is 24.2 Å². The molecule has 5 nitrogen and oxygen atoms in total. The largest absolute Gasteiger partial charge is 0.472 e. The third-order valence-corrected chi connectivity index (χ3v) is 3.46. The van der Waals surface area contributed by atoms with Crippen LogP contribution in [-0.2, 0) is 6.54 Å². The Hall–Kier alpha value is -1.49. The van der Waals surface area contributed by atoms with E-state index in [-0.39, 0.29) is 0 Å². The van der Waals surface area contributed by atoms with Crippen molar-refractivity contribution in [2.75, 3.05) is 13.1 Å². The first kappa shape index (κ1) is 13.9. The van der Waals surface area contributed by atoms with Crippen LogP contribution in [0.1, 0.15) is 38.2 Å². The first-order valence-electron chi connectivity index (χ1n) is 6.97. The van der Waals surface area contributed by atoms with E-state index in [9.17, 15) is 5.11 Å². The average molecular weight is 265 g/mol. The van der Waals surface area contributed by atoms with Crippen LogP contribution in [-0.4, -0.2) is 29.8 Å². The molecule has 0 aromatic carbocycles. The number of rotatable bonds is 5. The fourth-order valence-corrected chi connectivity index (χ4v) is 2.35. The van der Waals surface area contributed by atoms with E-state index < -0.39 is 5.60 Å². The summed E-state index contributed by atoms with van der Waals surface area (Å²) in [5.74, 6) is 0.740. The number of nitrogens with zero attached hydrogens (tertiary/aromatic N) is 1. The van der Waals surface area contributed by atoms with Crippen LogP contribution in [0.15, 0.2) is 28.0 Å². The van der Waals surface area contributed by atoms with Gasteiger partial charge in [0.15, 0.2) is 5.96 Å². The number of aliphatic imine (C=N–C) groups is 1. The van der Waals surface area contributed by atoms with Crippen LogP contribution in [0.5, 0.6) is 0 Å². The van der Waals surface area contributed by atoms with Crippen molar-refractivity contribution in [1.82, 2.24) is 10.6 Å². The third-order valence-electron chi connectivity index (χ3n) is 3.46. The molecular formula is C14H23N3O2. The van der Waals surface area contributed by atoms with Crippen LogP contribution >= 0.6 is 0 Å². The highest BCUT2D eigenvalue weighted by Crippen LogP contribution is 2.28. The Kier molecular flexibility index (Phi) is 4.85. The molecule has 1 heterocycles. The Morgan fingerprint density at radius 2 is 2.21 bits per heavy atom. The topological polar surface area (TPSA) is 69.8 Å². The zero-order chi connectivity index (χ0) is 13.6. The quantitative estimate of drug-likeness (QED) is 0.559. The standard InChI is InChI=1S/C14H23N3O2/c1-2-15-13(16-9-12-5-8-19-10-12)17-11-14(18)6-3-4-7-14/h5,8,10,18H,2-4,6-7,9,11H2,1H3,(H2,15,16,17). The summed E-state index contributed by atoms with van der Waals surface area (Å²) in [5.41, 5.74) is 0.475. The molecule has 1 aliphatic carbocycles. The number of aliphatic hydroxyl groups is 1. The highest BCUT2D eigenvalue weighted by molar-refractivity contribution is 5.79. The summed E-state index contributed by atoms with van der Waals surface area (Å²) in [6.07, 6.45) is 7.31. The molecule has 5 heteroatoms.